The second-order valence-electron chi connectivity index (χ2n) is 5.53. The van der Waals surface area contributed by atoms with Crippen LogP contribution in [0.2, 0.25) is 0 Å². The molecule has 0 amide bonds. The highest BCUT2D eigenvalue weighted by Crippen LogP contribution is 2.27. The van der Waals surface area contributed by atoms with Gasteiger partial charge in [0.1, 0.15) is 0 Å². The van der Waals surface area contributed by atoms with Gasteiger partial charge in [0.05, 0.1) is 5.60 Å². The van der Waals surface area contributed by atoms with Gasteiger partial charge < -0.3 is 10.1 Å². The van der Waals surface area contributed by atoms with Crippen LogP contribution in [-0.4, -0.2) is 19.3 Å². The van der Waals surface area contributed by atoms with Gasteiger partial charge in [0.2, 0.25) is 0 Å². The predicted molar refractivity (Wildman–Crippen MR) is 77.9 cm³/mol. The van der Waals surface area contributed by atoms with E-state index in [4.69, 9.17) is 4.74 Å². The Balaban J connectivity index is 2.88. The van der Waals surface area contributed by atoms with Gasteiger partial charge in [-0.15, -0.1) is 0 Å². The number of rotatable bonds is 7. The lowest BCUT2D eigenvalue weighted by molar-refractivity contribution is 0.00680. The number of nitrogens with one attached hydrogen (secondary N) is 1. The van der Waals surface area contributed by atoms with Crippen LogP contribution < -0.4 is 5.32 Å². The molecule has 0 bridgehead atoms. The van der Waals surface area contributed by atoms with E-state index < -0.39 is 0 Å². The summed E-state index contributed by atoms with van der Waals surface area (Å²) in [5.74, 6) is 0. The first-order valence-corrected chi connectivity index (χ1v) is 6.84. The van der Waals surface area contributed by atoms with Crippen LogP contribution in [0.5, 0.6) is 0 Å². The highest BCUT2D eigenvalue weighted by Gasteiger charge is 2.24. The smallest absolute Gasteiger partial charge is 0.0640 e. The van der Waals surface area contributed by atoms with Gasteiger partial charge in [-0.2, -0.15) is 0 Å². The maximum absolute atomic E-state index is 5.57. The third-order valence-electron chi connectivity index (χ3n) is 3.45. The molecular weight excluding hydrogens is 222 g/mol. The van der Waals surface area contributed by atoms with Gasteiger partial charge in [0, 0.05) is 13.2 Å². The van der Waals surface area contributed by atoms with E-state index in [-0.39, 0.29) is 5.60 Å². The molecule has 2 nitrogen and oxygen atoms in total. The first-order chi connectivity index (χ1) is 8.50. The molecule has 1 aromatic rings. The molecule has 18 heavy (non-hydrogen) atoms. The molecule has 0 spiro atoms. The molecule has 1 N–H and O–H groups in total. The molecule has 0 radical (unpaired) electrons. The van der Waals surface area contributed by atoms with Crippen LogP contribution in [0.25, 0.3) is 0 Å². The largest absolute Gasteiger partial charge is 0.379 e. The summed E-state index contributed by atoms with van der Waals surface area (Å²) in [5, 5.41) is 3.64. The number of ether oxygens (including phenoxy) is 1. The molecule has 0 aliphatic rings. The molecule has 1 unspecified atom stereocenters. The van der Waals surface area contributed by atoms with Crippen LogP contribution in [-0.2, 0) is 4.74 Å². The van der Waals surface area contributed by atoms with E-state index in [0.717, 1.165) is 19.4 Å². The number of hydrogen-bond donors (Lipinski definition) is 1. The minimum atomic E-state index is -0.103. The van der Waals surface area contributed by atoms with E-state index in [9.17, 15) is 0 Å². The first kappa shape index (κ1) is 15.2. The average Bonchev–Trinajstić information content (AvgIpc) is 2.35. The van der Waals surface area contributed by atoms with Crippen molar-refractivity contribution in [3.63, 3.8) is 0 Å². The van der Waals surface area contributed by atoms with E-state index in [1.165, 1.54) is 11.1 Å². The second-order valence-corrected chi connectivity index (χ2v) is 5.53. The molecule has 1 rings (SSSR count). The van der Waals surface area contributed by atoms with Crippen molar-refractivity contribution in [2.24, 2.45) is 0 Å². The fourth-order valence-corrected chi connectivity index (χ4v) is 2.16. The van der Waals surface area contributed by atoms with Gasteiger partial charge in [0.15, 0.2) is 0 Å². The number of hydrogen-bond acceptors (Lipinski definition) is 2. The lowest BCUT2D eigenvalue weighted by Crippen LogP contribution is -2.32. The van der Waals surface area contributed by atoms with Crippen molar-refractivity contribution in [2.45, 2.75) is 52.2 Å². The molecule has 102 valence electrons. The van der Waals surface area contributed by atoms with E-state index >= 15 is 0 Å². The van der Waals surface area contributed by atoms with Crippen LogP contribution in [0.3, 0.4) is 0 Å². The first-order valence-electron chi connectivity index (χ1n) is 6.84. The molecule has 0 fully saturated rings. The van der Waals surface area contributed by atoms with Crippen molar-refractivity contribution in [2.75, 3.05) is 13.7 Å². The zero-order valence-electron chi connectivity index (χ0n) is 12.4. The predicted octanol–water partition coefficient (Wildman–Crippen LogP) is 3.85. The normalized spacial score (nSPS) is 13.6. The van der Waals surface area contributed by atoms with Crippen molar-refractivity contribution in [3.05, 3.63) is 35.4 Å². The zero-order valence-corrected chi connectivity index (χ0v) is 12.4. The summed E-state index contributed by atoms with van der Waals surface area (Å²) >= 11 is 0. The van der Waals surface area contributed by atoms with Gasteiger partial charge in [0.25, 0.3) is 0 Å². The Kier molecular flexibility index (Phi) is 5.83. The second kappa shape index (κ2) is 6.91. The monoisotopic (exact) mass is 249 g/mol. The van der Waals surface area contributed by atoms with E-state index in [2.05, 4.69) is 57.3 Å². The Bertz CT molecular complexity index is 360. The topological polar surface area (TPSA) is 21.3 Å². The zero-order chi connectivity index (χ0) is 13.6. The fourth-order valence-electron chi connectivity index (χ4n) is 2.16. The lowest BCUT2D eigenvalue weighted by Gasteiger charge is -2.30. The number of aryl methyl sites for hydroxylation is 1. The summed E-state index contributed by atoms with van der Waals surface area (Å²) < 4.78 is 5.57. The van der Waals surface area contributed by atoms with Gasteiger partial charge in [-0.05, 0) is 51.3 Å². The Morgan fingerprint density at radius 3 is 2.50 bits per heavy atom. The Morgan fingerprint density at radius 1 is 1.28 bits per heavy atom. The number of benzene rings is 1. The summed E-state index contributed by atoms with van der Waals surface area (Å²) in [6.45, 7) is 9.70. The number of methoxy groups -OCH3 is 1. The quantitative estimate of drug-likeness (QED) is 0.792. The van der Waals surface area contributed by atoms with Crippen LogP contribution in [0.15, 0.2) is 24.3 Å². The van der Waals surface area contributed by atoms with Crippen LogP contribution in [0.4, 0.5) is 0 Å². The summed E-state index contributed by atoms with van der Waals surface area (Å²) in [4.78, 5) is 0. The van der Waals surface area contributed by atoms with Crippen molar-refractivity contribution in [1.29, 1.82) is 0 Å². The van der Waals surface area contributed by atoms with E-state index in [1.54, 1.807) is 7.11 Å². The van der Waals surface area contributed by atoms with Crippen molar-refractivity contribution in [1.82, 2.24) is 5.32 Å². The fraction of sp³-hybridized carbons (Fsp3) is 0.625. The van der Waals surface area contributed by atoms with Gasteiger partial charge in [-0.3, -0.25) is 0 Å². The Hall–Kier alpha value is -0.860. The standard InChI is InChI=1S/C16H27NO/c1-6-11-17-15(12-16(3,4)18-5)14-10-8-7-9-13(14)2/h7-10,15,17H,6,11-12H2,1-5H3. The molecule has 0 aliphatic heterocycles. The minimum Gasteiger partial charge on any atom is -0.379 e. The highest BCUT2D eigenvalue weighted by molar-refractivity contribution is 5.29. The minimum absolute atomic E-state index is 0.103. The maximum atomic E-state index is 5.57. The van der Waals surface area contributed by atoms with Crippen molar-refractivity contribution >= 4 is 0 Å². The molecule has 0 saturated heterocycles. The van der Waals surface area contributed by atoms with Gasteiger partial charge in [-0.25, -0.2) is 0 Å². The van der Waals surface area contributed by atoms with Crippen LogP contribution >= 0.6 is 0 Å². The van der Waals surface area contributed by atoms with E-state index in [0.29, 0.717) is 6.04 Å². The molecular formula is C16H27NO. The highest BCUT2D eigenvalue weighted by atomic mass is 16.5. The van der Waals surface area contributed by atoms with Crippen LogP contribution in [0, 0.1) is 6.92 Å². The summed E-state index contributed by atoms with van der Waals surface area (Å²) in [6, 6.07) is 8.96. The third-order valence-corrected chi connectivity index (χ3v) is 3.45. The van der Waals surface area contributed by atoms with Crippen LogP contribution in [0.1, 0.15) is 50.8 Å². The van der Waals surface area contributed by atoms with Crippen molar-refractivity contribution in [3.8, 4) is 0 Å². The molecule has 1 aromatic carbocycles. The maximum Gasteiger partial charge on any atom is 0.0640 e. The molecule has 1 atom stereocenters. The summed E-state index contributed by atoms with van der Waals surface area (Å²) in [5.41, 5.74) is 2.63. The van der Waals surface area contributed by atoms with Crippen molar-refractivity contribution < 1.29 is 4.74 Å². The molecule has 0 heterocycles. The third kappa shape index (κ3) is 4.43. The van der Waals surface area contributed by atoms with Gasteiger partial charge >= 0.3 is 0 Å². The lowest BCUT2D eigenvalue weighted by atomic mass is 9.91. The molecule has 2 heteroatoms. The average molecular weight is 249 g/mol. The molecule has 0 saturated carbocycles. The van der Waals surface area contributed by atoms with Gasteiger partial charge in [-0.1, -0.05) is 31.2 Å². The SMILES string of the molecule is CCCNC(CC(C)(C)OC)c1ccccc1C. The summed E-state index contributed by atoms with van der Waals surface area (Å²) in [7, 11) is 1.79. The Labute approximate surface area is 112 Å². The Morgan fingerprint density at radius 2 is 1.94 bits per heavy atom. The molecule has 0 aliphatic carbocycles. The summed E-state index contributed by atoms with van der Waals surface area (Å²) in [6.07, 6.45) is 2.13. The molecule has 0 aromatic heterocycles. The van der Waals surface area contributed by atoms with E-state index in [1.807, 2.05) is 0 Å².